The molecule has 158 valence electrons. The van der Waals surface area contributed by atoms with Gasteiger partial charge in [-0.15, -0.1) is 11.3 Å². The molecule has 30 heavy (non-hydrogen) atoms. The molecule has 1 N–H and O–H groups in total. The van der Waals surface area contributed by atoms with Gasteiger partial charge in [0.2, 0.25) is 0 Å². The number of hydrogen-bond donors (Lipinski definition) is 1. The van der Waals surface area contributed by atoms with E-state index < -0.39 is 0 Å². The predicted molar refractivity (Wildman–Crippen MR) is 141 cm³/mol. The van der Waals surface area contributed by atoms with Crippen molar-refractivity contribution in [3.05, 3.63) is 71.9 Å². The average molecular weight is 418 g/mol. The first-order chi connectivity index (χ1) is 14.8. The van der Waals surface area contributed by atoms with Crippen LogP contribution in [-0.2, 0) is 12.8 Å². The molecule has 2 heterocycles. The van der Waals surface area contributed by atoms with Crippen LogP contribution in [0.1, 0.15) is 63.9 Å². The lowest BCUT2D eigenvalue weighted by Crippen LogP contribution is -2.02. The van der Waals surface area contributed by atoms with Crippen LogP contribution in [0.5, 0.6) is 0 Å². The fraction of sp³-hybridized carbons (Fsp3) is 0.286. The molecule has 2 aromatic carbocycles. The minimum absolute atomic E-state index is 1.07. The highest BCUT2D eigenvalue weighted by Crippen LogP contribution is 2.46. The molecule has 1 aliphatic rings. The third-order valence-corrected chi connectivity index (χ3v) is 6.38. The van der Waals surface area contributed by atoms with Gasteiger partial charge >= 0.3 is 0 Å². The molecule has 0 saturated heterocycles. The molecular formula is C28H35NS. The van der Waals surface area contributed by atoms with E-state index in [4.69, 9.17) is 0 Å². The summed E-state index contributed by atoms with van der Waals surface area (Å²) >= 11 is 1.92. The number of fused-ring (bicyclic) bond motifs is 7. The Morgan fingerprint density at radius 1 is 0.800 bits per heavy atom. The van der Waals surface area contributed by atoms with Gasteiger partial charge < -0.3 is 4.98 Å². The molecule has 0 bridgehead atoms. The second-order valence-corrected chi connectivity index (χ2v) is 7.33. The Labute approximate surface area is 186 Å². The fourth-order valence-corrected chi connectivity index (χ4v) is 5.33. The summed E-state index contributed by atoms with van der Waals surface area (Å²) in [6.45, 7) is 19.9. The lowest BCUT2D eigenvalue weighted by molar-refractivity contribution is 0.964. The van der Waals surface area contributed by atoms with E-state index in [1.165, 1.54) is 42.6 Å². The third-order valence-electron chi connectivity index (χ3n) is 5.13. The van der Waals surface area contributed by atoms with Crippen molar-refractivity contribution in [1.29, 1.82) is 0 Å². The zero-order valence-electron chi connectivity index (χ0n) is 19.4. The van der Waals surface area contributed by atoms with Gasteiger partial charge in [-0.05, 0) is 47.1 Å². The molecule has 0 aliphatic heterocycles. The Balaban J connectivity index is 0.000000493. The topological polar surface area (TPSA) is 15.8 Å². The molecule has 1 aliphatic carbocycles. The molecule has 0 spiro atoms. The lowest BCUT2D eigenvalue weighted by atomic mass is 9.88. The van der Waals surface area contributed by atoms with Crippen molar-refractivity contribution >= 4 is 44.5 Å². The van der Waals surface area contributed by atoms with Gasteiger partial charge in [0.05, 0.1) is 5.52 Å². The highest BCUT2D eigenvalue weighted by atomic mass is 32.1. The number of rotatable bonds is 2. The number of H-pyrrole nitrogens is 1. The van der Waals surface area contributed by atoms with Crippen LogP contribution in [0.25, 0.3) is 43.6 Å². The zero-order chi connectivity index (χ0) is 22.3. The van der Waals surface area contributed by atoms with Gasteiger partial charge in [0, 0.05) is 26.2 Å². The number of aryl methyl sites for hydroxylation is 2. The molecule has 2 heteroatoms. The Hall–Kier alpha value is -2.58. The third kappa shape index (κ3) is 3.89. The molecule has 5 rings (SSSR count). The average Bonchev–Trinajstić information content (AvgIpc) is 3.40. The Morgan fingerprint density at radius 3 is 2.13 bits per heavy atom. The molecular weight excluding hydrogens is 382 g/mol. The number of hydrogen-bond acceptors (Lipinski definition) is 1. The van der Waals surface area contributed by atoms with Crippen molar-refractivity contribution in [2.24, 2.45) is 0 Å². The van der Waals surface area contributed by atoms with Crippen LogP contribution in [0.15, 0.2) is 49.6 Å². The van der Waals surface area contributed by atoms with Gasteiger partial charge in [-0.2, -0.15) is 0 Å². The Morgan fingerprint density at radius 2 is 1.47 bits per heavy atom. The first kappa shape index (κ1) is 23.7. The largest absolute Gasteiger partial charge is 0.354 e. The maximum absolute atomic E-state index is 3.97. The molecule has 4 aromatic rings. The smallest absolute Gasteiger partial charge is 0.0504 e. The van der Waals surface area contributed by atoms with E-state index in [-0.39, 0.29) is 0 Å². The van der Waals surface area contributed by atoms with Crippen LogP contribution < -0.4 is 0 Å². The van der Waals surface area contributed by atoms with Gasteiger partial charge in [0.25, 0.3) is 0 Å². The van der Waals surface area contributed by atoms with Gasteiger partial charge in [-0.1, -0.05) is 91.1 Å². The van der Waals surface area contributed by atoms with E-state index in [2.05, 4.69) is 54.5 Å². The molecule has 0 amide bonds. The summed E-state index contributed by atoms with van der Waals surface area (Å²) in [5.41, 5.74) is 7.81. The molecule has 0 atom stereocenters. The van der Waals surface area contributed by atoms with Crippen molar-refractivity contribution in [2.45, 2.75) is 54.4 Å². The Kier molecular flexibility index (Phi) is 8.68. The highest BCUT2D eigenvalue weighted by molar-refractivity contribution is 7.22. The number of nitrogens with one attached hydrogen (secondary N) is 1. The van der Waals surface area contributed by atoms with Gasteiger partial charge in [0.1, 0.15) is 0 Å². The van der Waals surface area contributed by atoms with Crippen LogP contribution in [0.3, 0.4) is 0 Å². The minimum atomic E-state index is 1.07. The number of aromatic nitrogens is 1. The predicted octanol–water partition coefficient (Wildman–Crippen LogP) is 9.51. The van der Waals surface area contributed by atoms with E-state index in [1.807, 2.05) is 65.0 Å². The van der Waals surface area contributed by atoms with E-state index >= 15 is 0 Å². The van der Waals surface area contributed by atoms with Crippen molar-refractivity contribution in [3.8, 4) is 10.4 Å². The number of benzene rings is 2. The summed E-state index contributed by atoms with van der Waals surface area (Å²) in [7, 11) is 0. The van der Waals surface area contributed by atoms with Crippen molar-refractivity contribution in [2.75, 3.05) is 0 Å². The van der Waals surface area contributed by atoms with Crippen molar-refractivity contribution in [3.63, 3.8) is 0 Å². The molecule has 0 radical (unpaired) electrons. The van der Waals surface area contributed by atoms with E-state index in [0.29, 0.717) is 0 Å². The van der Waals surface area contributed by atoms with Crippen LogP contribution in [-0.4, -0.2) is 4.98 Å². The summed E-state index contributed by atoms with van der Waals surface area (Å²) in [5, 5.41) is 2.68. The summed E-state index contributed by atoms with van der Waals surface area (Å²) in [6.07, 6.45) is 6.00. The van der Waals surface area contributed by atoms with Gasteiger partial charge in [0.15, 0.2) is 0 Å². The SMILES string of the molecule is C=Cc1[nH]c2c3c(ccc2c1C=C)-c1sc2ccccc2c1CC3.CC.CC.CC. The van der Waals surface area contributed by atoms with E-state index in [0.717, 1.165) is 24.1 Å². The van der Waals surface area contributed by atoms with E-state index in [1.54, 1.807) is 0 Å². The van der Waals surface area contributed by atoms with Crippen molar-refractivity contribution in [1.82, 2.24) is 4.98 Å². The minimum Gasteiger partial charge on any atom is -0.354 e. The van der Waals surface area contributed by atoms with Gasteiger partial charge in [-0.25, -0.2) is 0 Å². The highest BCUT2D eigenvalue weighted by Gasteiger charge is 2.23. The zero-order valence-corrected chi connectivity index (χ0v) is 20.2. The Bertz CT molecular complexity index is 1140. The van der Waals surface area contributed by atoms with Crippen molar-refractivity contribution < 1.29 is 0 Å². The monoisotopic (exact) mass is 417 g/mol. The maximum atomic E-state index is 3.97. The fourth-order valence-electron chi connectivity index (χ4n) is 4.03. The first-order valence-corrected chi connectivity index (χ1v) is 12.1. The molecule has 0 saturated carbocycles. The normalized spacial score (nSPS) is 11.0. The standard InChI is InChI=1S/C22H17NS.3C2H6/c1-3-13-15-9-12-18-16(21(15)23-19(13)4-2)10-11-17-14-7-5-6-8-20(14)24-22(17)18;3*1-2/h3-9,12,23H,1-2,10-11H2;3*1-2H3. The molecule has 0 fully saturated rings. The van der Waals surface area contributed by atoms with Crippen LogP contribution in [0, 0.1) is 0 Å². The van der Waals surface area contributed by atoms with Crippen LogP contribution in [0.2, 0.25) is 0 Å². The molecule has 2 aromatic heterocycles. The van der Waals surface area contributed by atoms with Gasteiger partial charge in [-0.3, -0.25) is 0 Å². The lowest BCUT2D eigenvalue weighted by Gasteiger charge is -2.17. The summed E-state index contributed by atoms with van der Waals surface area (Å²) in [5.74, 6) is 0. The summed E-state index contributed by atoms with van der Waals surface area (Å²) in [6, 6.07) is 13.3. The quantitative estimate of drug-likeness (QED) is 0.334. The second-order valence-electron chi connectivity index (χ2n) is 6.28. The molecule has 1 nitrogen and oxygen atoms in total. The maximum Gasteiger partial charge on any atom is 0.0504 e. The van der Waals surface area contributed by atoms with Crippen LogP contribution in [0.4, 0.5) is 0 Å². The van der Waals surface area contributed by atoms with Crippen LogP contribution >= 0.6 is 11.3 Å². The first-order valence-electron chi connectivity index (χ1n) is 11.2. The van der Waals surface area contributed by atoms with E-state index in [9.17, 15) is 0 Å². The summed E-state index contributed by atoms with van der Waals surface area (Å²) < 4.78 is 1.39. The molecule has 0 unspecified atom stereocenters. The number of aromatic amines is 1. The number of thiophene rings is 1. The summed E-state index contributed by atoms with van der Waals surface area (Å²) in [4.78, 5) is 5.01. The second kappa shape index (κ2) is 11.0.